The van der Waals surface area contributed by atoms with E-state index in [0.717, 1.165) is 29.6 Å². The van der Waals surface area contributed by atoms with Crippen LogP contribution in [-0.4, -0.2) is 17.6 Å². The Bertz CT molecular complexity index is 646. The normalized spacial score (nSPS) is 11.1. The summed E-state index contributed by atoms with van der Waals surface area (Å²) in [4.78, 5) is 12.0. The van der Waals surface area contributed by atoms with Crippen LogP contribution < -0.4 is 5.32 Å². The second kappa shape index (κ2) is 8.70. The largest absolute Gasteiger partial charge is 0.356 e. The summed E-state index contributed by atoms with van der Waals surface area (Å²) in [5, 5.41) is 7.99. The number of nitrogens with zero attached hydrogens (tertiary/aromatic N) is 1. The van der Waals surface area contributed by atoms with Crippen LogP contribution in [-0.2, 0) is 11.2 Å². The van der Waals surface area contributed by atoms with Gasteiger partial charge in [-0.3, -0.25) is 4.79 Å². The van der Waals surface area contributed by atoms with Crippen molar-refractivity contribution < 1.29 is 9.32 Å². The number of aryl methyl sites for hydroxylation is 2. The van der Waals surface area contributed by atoms with E-state index in [9.17, 15) is 4.79 Å². The molecule has 0 radical (unpaired) electrons. The molecule has 23 heavy (non-hydrogen) atoms. The number of hydrogen-bond donors (Lipinski definition) is 1. The van der Waals surface area contributed by atoms with Crippen molar-refractivity contribution in [2.75, 3.05) is 6.54 Å². The highest BCUT2D eigenvalue weighted by Gasteiger charge is 2.13. The minimum Gasteiger partial charge on any atom is -0.356 e. The van der Waals surface area contributed by atoms with E-state index in [0.29, 0.717) is 0 Å². The predicted molar refractivity (Wildman–Crippen MR) is 93.6 cm³/mol. The first-order valence-electron chi connectivity index (χ1n) is 8.74. The molecule has 1 aromatic heterocycles. The molecular weight excluding hydrogens is 288 g/mol. The van der Waals surface area contributed by atoms with Crippen LogP contribution >= 0.6 is 0 Å². The molecule has 0 atom stereocenters. The third kappa shape index (κ3) is 5.08. The second-order valence-corrected chi connectivity index (χ2v) is 6.36. The number of hydrogen-bond acceptors (Lipinski definition) is 3. The Hall–Kier alpha value is -1.84. The Morgan fingerprint density at radius 1 is 1.09 bits per heavy atom. The lowest BCUT2D eigenvalue weighted by atomic mass is 10.1. The molecule has 4 heteroatoms. The summed E-state index contributed by atoms with van der Waals surface area (Å²) < 4.78 is 5.34. The molecule has 0 aliphatic rings. The highest BCUT2D eigenvalue weighted by Crippen LogP contribution is 2.22. The summed E-state index contributed by atoms with van der Waals surface area (Å²) >= 11 is 0. The van der Waals surface area contributed by atoms with Gasteiger partial charge in [-0.1, -0.05) is 44.2 Å². The average Bonchev–Trinajstić information content (AvgIpc) is 2.89. The first-order chi connectivity index (χ1) is 11.1. The van der Waals surface area contributed by atoms with E-state index in [-0.39, 0.29) is 12.3 Å². The highest BCUT2D eigenvalue weighted by molar-refractivity contribution is 5.87. The molecule has 1 amide bonds. The zero-order chi connectivity index (χ0) is 16.7. The molecule has 1 heterocycles. The Morgan fingerprint density at radius 3 is 2.57 bits per heavy atom. The van der Waals surface area contributed by atoms with Crippen molar-refractivity contribution in [2.45, 2.75) is 65.7 Å². The van der Waals surface area contributed by atoms with Gasteiger partial charge in [-0.25, -0.2) is 0 Å². The molecule has 0 bridgehead atoms. The SMILES string of the molecule is CCCCCCCCNC(=O)Cc1noc2cc(C)c(C)cc12. The van der Waals surface area contributed by atoms with Crippen LogP contribution in [0.3, 0.4) is 0 Å². The standard InChI is InChI=1S/C19H28N2O2/c1-4-5-6-7-8-9-10-20-19(22)13-17-16-11-14(2)15(3)12-18(16)23-21-17/h11-12H,4-10,13H2,1-3H3,(H,20,22). The molecule has 4 nitrogen and oxygen atoms in total. The van der Waals surface area contributed by atoms with E-state index < -0.39 is 0 Å². The van der Waals surface area contributed by atoms with Crippen LogP contribution in [0.5, 0.6) is 0 Å². The van der Waals surface area contributed by atoms with E-state index in [1.807, 2.05) is 13.0 Å². The molecule has 1 aromatic carbocycles. The third-order valence-corrected chi connectivity index (χ3v) is 4.34. The van der Waals surface area contributed by atoms with Crippen molar-refractivity contribution >= 4 is 16.9 Å². The number of carbonyl (C=O) groups excluding carboxylic acids is 1. The van der Waals surface area contributed by atoms with Crippen molar-refractivity contribution in [1.29, 1.82) is 0 Å². The van der Waals surface area contributed by atoms with Gasteiger partial charge in [0.15, 0.2) is 5.58 Å². The lowest BCUT2D eigenvalue weighted by Gasteiger charge is -2.04. The molecular formula is C19H28N2O2. The number of amides is 1. The van der Waals surface area contributed by atoms with Gasteiger partial charge in [-0.05, 0) is 43.5 Å². The maximum Gasteiger partial charge on any atom is 0.226 e. The molecule has 0 aliphatic heterocycles. The van der Waals surface area contributed by atoms with Crippen molar-refractivity contribution in [2.24, 2.45) is 0 Å². The van der Waals surface area contributed by atoms with Crippen LogP contribution in [0.2, 0.25) is 0 Å². The number of benzene rings is 1. The molecule has 2 rings (SSSR count). The predicted octanol–water partition coefficient (Wildman–Crippen LogP) is 4.46. The summed E-state index contributed by atoms with van der Waals surface area (Å²) in [6.45, 7) is 7.07. The molecule has 0 aliphatic carbocycles. The van der Waals surface area contributed by atoms with Crippen LogP contribution in [0.15, 0.2) is 16.7 Å². The molecule has 0 spiro atoms. The summed E-state index contributed by atoms with van der Waals surface area (Å²) in [7, 11) is 0. The smallest absolute Gasteiger partial charge is 0.226 e. The van der Waals surface area contributed by atoms with Crippen LogP contribution in [0.25, 0.3) is 11.0 Å². The van der Waals surface area contributed by atoms with Gasteiger partial charge in [-0.2, -0.15) is 0 Å². The fourth-order valence-corrected chi connectivity index (χ4v) is 2.72. The van der Waals surface area contributed by atoms with Gasteiger partial charge in [0.2, 0.25) is 5.91 Å². The first kappa shape index (κ1) is 17.5. The molecule has 126 valence electrons. The van der Waals surface area contributed by atoms with Gasteiger partial charge in [0.1, 0.15) is 5.69 Å². The van der Waals surface area contributed by atoms with Crippen LogP contribution in [0.4, 0.5) is 0 Å². The van der Waals surface area contributed by atoms with E-state index >= 15 is 0 Å². The van der Waals surface area contributed by atoms with E-state index in [2.05, 4.69) is 30.4 Å². The summed E-state index contributed by atoms with van der Waals surface area (Å²) in [6.07, 6.45) is 7.65. The topological polar surface area (TPSA) is 55.1 Å². The lowest BCUT2D eigenvalue weighted by molar-refractivity contribution is -0.120. The number of rotatable bonds is 9. The summed E-state index contributed by atoms with van der Waals surface area (Å²) in [5.74, 6) is 0.0204. The Labute approximate surface area is 138 Å². The zero-order valence-corrected chi connectivity index (χ0v) is 14.6. The van der Waals surface area contributed by atoms with Gasteiger partial charge in [0.05, 0.1) is 6.42 Å². The monoisotopic (exact) mass is 316 g/mol. The number of nitrogens with one attached hydrogen (secondary N) is 1. The maximum absolute atomic E-state index is 12.0. The third-order valence-electron chi connectivity index (χ3n) is 4.34. The quantitative estimate of drug-likeness (QED) is 0.695. The van der Waals surface area contributed by atoms with E-state index in [1.54, 1.807) is 0 Å². The van der Waals surface area contributed by atoms with E-state index in [4.69, 9.17) is 4.52 Å². The second-order valence-electron chi connectivity index (χ2n) is 6.36. The molecule has 0 saturated carbocycles. The zero-order valence-electron chi connectivity index (χ0n) is 14.6. The molecule has 0 saturated heterocycles. The maximum atomic E-state index is 12.0. The van der Waals surface area contributed by atoms with Crippen molar-refractivity contribution in [1.82, 2.24) is 10.5 Å². The number of unbranched alkanes of at least 4 members (excludes halogenated alkanes) is 5. The van der Waals surface area contributed by atoms with Crippen molar-refractivity contribution in [3.8, 4) is 0 Å². The van der Waals surface area contributed by atoms with E-state index in [1.165, 1.54) is 43.2 Å². The van der Waals surface area contributed by atoms with Gasteiger partial charge in [0, 0.05) is 11.9 Å². The summed E-state index contributed by atoms with van der Waals surface area (Å²) in [5.41, 5.74) is 3.84. The number of carbonyl (C=O) groups is 1. The first-order valence-corrected chi connectivity index (χ1v) is 8.74. The molecule has 0 unspecified atom stereocenters. The summed E-state index contributed by atoms with van der Waals surface area (Å²) in [6, 6.07) is 4.03. The Kier molecular flexibility index (Phi) is 6.63. The van der Waals surface area contributed by atoms with Gasteiger partial charge in [0.25, 0.3) is 0 Å². The Balaban J connectivity index is 1.78. The molecule has 2 aromatic rings. The minimum absolute atomic E-state index is 0.0204. The number of fused-ring (bicyclic) bond motifs is 1. The van der Waals surface area contributed by atoms with Crippen LogP contribution in [0.1, 0.15) is 62.3 Å². The van der Waals surface area contributed by atoms with Crippen molar-refractivity contribution in [3.05, 3.63) is 29.0 Å². The highest BCUT2D eigenvalue weighted by atomic mass is 16.5. The van der Waals surface area contributed by atoms with Gasteiger partial charge < -0.3 is 9.84 Å². The number of aromatic nitrogens is 1. The fraction of sp³-hybridized carbons (Fsp3) is 0.579. The average molecular weight is 316 g/mol. The van der Waals surface area contributed by atoms with Gasteiger partial charge >= 0.3 is 0 Å². The van der Waals surface area contributed by atoms with Gasteiger partial charge in [-0.15, -0.1) is 0 Å². The molecule has 1 N–H and O–H groups in total. The molecule has 0 fully saturated rings. The lowest BCUT2D eigenvalue weighted by Crippen LogP contribution is -2.26. The minimum atomic E-state index is 0.0204. The van der Waals surface area contributed by atoms with Crippen molar-refractivity contribution in [3.63, 3.8) is 0 Å². The van der Waals surface area contributed by atoms with Crippen LogP contribution in [0, 0.1) is 13.8 Å². The fourth-order valence-electron chi connectivity index (χ4n) is 2.72. The Morgan fingerprint density at radius 2 is 1.78 bits per heavy atom.